The quantitative estimate of drug-likeness (QED) is 0.546. The fraction of sp³-hybridized carbons (Fsp3) is 0.250. The normalized spacial score (nSPS) is 12.4. The molecule has 2 N–H and O–H groups in total. The van der Waals surface area contributed by atoms with Gasteiger partial charge in [-0.05, 0) is 60.5 Å². The van der Waals surface area contributed by atoms with Crippen LogP contribution in [0.2, 0.25) is 5.02 Å². The largest absolute Gasteiger partial charge is 0.573 e. The molecule has 0 fully saturated rings. The van der Waals surface area contributed by atoms with Crippen LogP contribution in [0, 0.1) is 0 Å². The van der Waals surface area contributed by atoms with E-state index < -0.39 is 6.36 Å². The van der Waals surface area contributed by atoms with Crippen molar-refractivity contribution in [2.45, 2.75) is 25.9 Å². The SMILES string of the molecule is NCCCn1c(-c2ccc(OC(F)(F)F)cc2)cs/c1=N\Cc1ccc(Cl)cc1. The van der Waals surface area contributed by atoms with E-state index in [0.717, 1.165) is 28.0 Å². The first kappa shape index (κ1) is 21.4. The van der Waals surface area contributed by atoms with Crippen LogP contribution in [0.5, 0.6) is 5.75 Å². The second-order valence-electron chi connectivity index (χ2n) is 6.21. The molecule has 29 heavy (non-hydrogen) atoms. The van der Waals surface area contributed by atoms with Crippen molar-refractivity contribution in [2.75, 3.05) is 6.54 Å². The van der Waals surface area contributed by atoms with Gasteiger partial charge in [0.25, 0.3) is 0 Å². The summed E-state index contributed by atoms with van der Waals surface area (Å²) < 4.78 is 43.1. The van der Waals surface area contributed by atoms with Crippen molar-refractivity contribution < 1.29 is 17.9 Å². The lowest BCUT2D eigenvalue weighted by molar-refractivity contribution is -0.274. The number of alkyl halides is 3. The van der Waals surface area contributed by atoms with Crippen LogP contribution in [0.3, 0.4) is 0 Å². The Balaban J connectivity index is 1.88. The molecule has 3 rings (SSSR count). The number of halogens is 4. The molecule has 0 amide bonds. The van der Waals surface area contributed by atoms with Crippen molar-refractivity contribution in [3.63, 3.8) is 0 Å². The highest BCUT2D eigenvalue weighted by molar-refractivity contribution is 7.07. The zero-order chi connectivity index (χ0) is 20.9. The van der Waals surface area contributed by atoms with Crippen molar-refractivity contribution in [1.29, 1.82) is 0 Å². The number of benzene rings is 2. The summed E-state index contributed by atoms with van der Waals surface area (Å²) in [6.45, 7) is 1.69. The lowest BCUT2D eigenvalue weighted by atomic mass is 10.1. The molecule has 0 atom stereocenters. The Morgan fingerprint density at radius 1 is 1.07 bits per heavy atom. The third kappa shape index (κ3) is 6.09. The van der Waals surface area contributed by atoms with Crippen molar-refractivity contribution in [1.82, 2.24) is 4.57 Å². The fourth-order valence-electron chi connectivity index (χ4n) is 2.73. The number of ether oxygens (including phenoxy) is 1. The predicted molar refractivity (Wildman–Crippen MR) is 109 cm³/mol. The lowest BCUT2D eigenvalue weighted by Gasteiger charge is -2.11. The predicted octanol–water partition coefficient (Wildman–Crippen LogP) is 5.22. The number of rotatable bonds is 7. The molecule has 2 aromatic carbocycles. The summed E-state index contributed by atoms with van der Waals surface area (Å²) in [6, 6.07) is 13.3. The summed E-state index contributed by atoms with van der Waals surface area (Å²) in [5.74, 6) is -0.252. The molecule has 0 spiro atoms. The molecular formula is C20H19ClF3N3OS. The van der Waals surface area contributed by atoms with E-state index >= 15 is 0 Å². The molecule has 0 aliphatic carbocycles. The highest BCUT2D eigenvalue weighted by atomic mass is 35.5. The molecule has 9 heteroatoms. The van der Waals surface area contributed by atoms with E-state index in [-0.39, 0.29) is 5.75 Å². The molecule has 0 radical (unpaired) electrons. The van der Waals surface area contributed by atoms with Crippen LogP contribution >= 0.6 is 22.9 Å². The first-order chi connectivity index (χ1) is 13.9. The Morgan fingerprint density at radius 2 is 1.76 bits per heavy atom. The van der Waals surface area contributed by atoms with Gasteiger partial charge >= 0.3 is 6.36 Å². The summed E-state index contributed by atoms with van der Waals surface area (Å²) in [5.41, 5.74) is 8.35. The van der Waals surface area contributed by atoms with E-state index in [2.05, 4.69) is 4.74 Å². The standard InChI is InChI=1S/C20H19ClF3N3OS/c21-16-6-2-14(3-7-16)12-26-19-27(11-1-10-25)18(13-29-19)15-4-8-17(9-5-15)28-20(22,23)24/h2-9,13H,1,10-12,25H2/b26-19-. The van der Waals surface area contributed by atoms with E-state index in [1.807, 2.05) is 34.2 Å². The monoisotopic (exact) mass is 441 g/mol. The van der Waals surface area contributed by atoms with Gasteiger partial charge < -0.3 is 15.0 Å². The molecular weight excluding hydrogens is 423 g/mol. The summed E-state index contributed by atoms with van der Waals surface area (Å²) in [4.78, 5) is 5.51. The van der Waals surface area contributed by atoms with Crippen molar-refractivity contribution in [2.24, 2.45) is 10.7 Å². The topological polar surface area (TPSA) is 52.5 Å². The average Bonchev–Trinajstić information content (AvgIpc) is 3.08. The number of thiazole rings is 1. The zero-order valence-electron chi connectivity index (χ0n) is 15.3. The maximum absolute atomic E-state index is 12.4. The van der Waals surface area contributed by atoms with E-state index in [9.17, 15) is 13.2 Å². The summed E-state index contributed by atoms with van der Waals surface area (Å²) in [5, 5.41) is 2.61. The van der Waals surface area contributed by atoms with E-state index in [1.54, 1.807) is 12.1 Å². The summed E-state index contributed by atoms with van der Waals surface area (Å²) in [6.07, 6.45) is -3.95. The van der Waals surface area contributed by atoms with Crippen LogP contribution in [0.1, 0.15) is 12.0 Å². The third-order valence-electron chi connectivity index (χ3n) is 4.08. The summed E-state index contributed by atoms with van der Waals surface area (Å²) >= 11 is 7.39. The number of nitrogens with zero attached hydrogens (tertiary/aromatic N) is 2. The Labute approximate surface area is 175 Å². The molecule has 1 heterocycles. The number of hydrogen-bond acceptors (Lipinski definition) is 4. The van der Waals surface area contributed by atoms with Crippen LogP contribution in [-0.2, 0) is 13.1 Å². The van der Waals surface area contributed by atoms with Gasteiger partial charge in [0.15, 0.2) is 4.80 Å². The fourth-order valence-corrected chi connectivity index (χ4v) is 3.79. The minimum absolute atomic E-state index is 0.252. The van der Waals surface area contributed by atoms with Crippen molar-refractivity contribution >= 4 is 22.9 Å². The average molecular weight is 442 g/mol. The van der Waals surface area contributed by atoms with Gasteiger partial charge in [0.2, 0.25) is 0 Å². The van der Waals surface area contributed by atoms with Gasteiger partial charge in [-0.3, -0.25) is 4.99 Å². The molecule has 0 aliphatic heterocycles. The zero-order valence-corrected chi connectivity index (χ0v) is 16.9. The number of aromatic nitrogens is 1. The van der Waals surface area contributed by atoms with Gasteiger partial charge in [-0.2, -0.15) is 0 Å². The first-order valence-electron chi connectivity index (χ1n) is 8.85. The second kappa shape index (κ2) is 9.47. The van der Waals surface area contributed by atoms with Crippen LogP contribution < -0.4 is 15.3 Å². The molecule has 1 aromatic heterocycles. The highest BCUT2D eigenvalue weighted by Gasteiger charge is 2.31. The summed E-state index contributed by atoms with van der Waals surface area (Å²) in [7, 11) is 0. The first-order valence-corrected chi connectivity index (χ1v) is 10.1. The van der Waals surface area contributed by atoms with Gasteiger partial charge in [-0.15, -0.1) is 24.5 Å². The van der Waals surface area contributed by atoms with Crippen LogP contribution in [0.25, 0.3) is 11.3 Å². The Morgan fingerprint density at radius 3 is 2.38 bits per heavy atom. The van der Waals surface area contributed by atoms with Gasteiger partial charge in [0.1, 0.15) is 5.75 Å². The molecule has 3 aromatic rings. The molecule has 0 unspecified atom stereocenters. The Kier molecular flexibility index (Phi) is 7.00. The van der Waals surface area contributed by atoms with E-state index in [0.29, 0.717) is 24.7 Å². The van der Waals surface area contributed by atoms with Crippen LogP contribution in [-0.4, -0.2) is 17.5 Å². The maximum atomic E-state index is 12.4. The Bertz CT molecular complexity index is 996. The highest BCUT2D eigenvalue weighted by Crippen LogP contribution is 2.27. The number of nitrogens with two attached hydrogens (primary N) is 1. The molecule has 0 saturated heterocycles. The van der Waals surface area contributed by atoms with Crippen molar-refractivity contribution in [3.8, 4) is 17.0 Å². The van der Waals surface area contributed by atoms with Crippen molar-refractivity contribution in [3.05, 3.63) is 69.3 Å². The van der Waals surface area contributed by atoms with E-state index in [1.165, 1.54) is 23.5 Å². The minimum atomic E-state index is -4.71. The number of hydrogen-bond donors (Lipinski definition) is 1. The van der Waals surface area contributed by atoms with Gasteiger partial charge in [0.05, 0.1) is 12.2 Å². The molecule has 4 nitrogen and oxygen atoms in total. The third-order valence-corrected chi connectivity index (χ3v) is 5.23. The smallest absolute Gasteiger partial charge is 0.406 e. The molecule has 0 bridgehead atoms. The molecule has 154 valence electrons. The lowest BCUT2D eigenvalue weighted by Crippen LogP contribution is -2.18. The molecule has 0 aliphatic rings. The Hall–Kier alpha value is -2.29. The van der Waals surface area contributed by atoms with Gasteiger partial charge in [-0.25, -0.2) is 0 Å². The van der Waals surface area contributed by atoms with Gasteiger partial charge in [0, 0.05) is 16.9 Å². The van der Waals surface area contributed by atoms with Crippen LogP contribution in [0.15, 0.2) is 58.9 Å². The maximum Gasteiger partial charge on any atom is 0.573 e. The molecule has 0 saturated carbocycles. The minimum Gasteiger partial charge on any atom is -0.406 e. The second-order valence-corrected chi connectivity index (χ2v) is 7.49. The van der Waals surface area contributed by atoms with Gasteiger partial charge in [-0.1, -0.05) is 23.7 Å². The van der Waals surface area contributed by atoms with E-state index in [4.69, 9.17) is 22.3 Å². The van der Waals surface area contributed by atoms with Crippen LogP contribution in [0.4, 0.5) is 13.2 Å².